The second-order valence-corrected chi connectivity index (χ2v) is 2.94. The van der Waals surface area contributed by atoms with Gasteiger partial charge in [0.1, 0.15) is 0 Å². The van der Waals surface area contributed by atoms with Crippen LogP contribution in [0, 0.1) is 0 Å². The third kappa shape index (κ3) is 14.1. The van der Waals surface area contributed by atoms with Crippen molar-refractivity contribution in [1.82, 2.24) is 0 Å². The quantitative estimate of drug-likeness (QED) is 0.487. The van der Waals surface area contributed by atoms with Gasteiger partial charge in [0.05, 0.1) is 0 Å². The van der Waals surface area contributed by atoms with Crippen molar-refractivity contribution >= 4 is 5.97 Å². The van der Waals surface area contributed by atoms with Gasteiger partial charge in [-0.2, -0.15) is 0 Å². The molecule has 0 aromatic heterocycles. The van der Waals surface area contributed by atoms with Gasteiger partial charge in [0.2, 0.25) is 0 Å². The second kappa shape index (κ2) is 11.2. The van der Waals surface area contributed by atoms with E-state index < -0.39 is 5.97 Å². The van der Waals surface area contributed by atoms with Gasteiger partial charge in [-0.15, -0.1) is 0 Å². The minimum atomic E-state index is -0.844. The van der Waals surface area contributed by atoms with Gasteiger partial charge in [-0.3, -0.25) is 0 Å². The van der Waals surface area contributed by atoms with Crippen LogP contribution < -0.4 is 0 Å². The Balaban J connectivity index is 0. The Morgan fingerprint density at radius 3 is 2.38 bits per heavy atom. The van der Waals surface area contributed by atoms with Crippen LogP contribution in [-0.4, -0.2) is 11.1 Å². The first-order valence-electron chi connectivity index (χ1n) is 4.67. The van der Waals surface area contributed by atoms with Crippen molar-refractivity contribution in [2.75, 3.05) is 0 Å². The third-order valence-corrected chi connectivity index (χ3v) is 1.73. The Morgan fingerprint density at radius 2 is 1.85 bits per heavy atom. The standard InChI is InChI=1S/C10H18O2.CH4/c1-2-3-4-5-6-7-8-9-10(11)12;/h8-9H,2-7H2,1H3,(H,11,12);1H4/b9-8+;. The highest BCUT2D eigenvalue weighted by Crippen LogP contribution is 2.04. The highest BCUT2D eigenvalue weighted by atomic mass is 16.4. The Kier molecular flexibility index (Phi) is 12.7. The molecular weight excluding hydrogens is 164 g/mol. The Morgan fingerprint density at radius 1 is 1.23 bits per heavy atom. The third-order valence-electron chi connectivity index (χ3n) is 1.73. The largest absolute Gasteiger partial charge is 0.478 e. The fraction of sp³-hybridized carbons (Fsp3) is 0.727. The molecule has 2 heteroatoms. The van der Waals surface area contributed by atoms with Crippen LogP contribution in [0.5, 0.6) is 0 Å². The minimum absolute atomic E-state index is 0. The lowest BCUT2D eigenvalue weighted by Gasteiger charge is -1.95. The summed E-state index contributed by atoms with van der Waals surface area (Å²) in [5.41, 5.74) is 0. The zero-order valence-corrected chi connectivity index (χ0v) is 7.75. The molecule has 0 unspecified atom stereocenters. The summed E-state index contributed by atoms with van der Waals surface area (Å²) in [5.74, 6) is -0.844. The average Bonchev–Trinajstić information content (AvgIpc) is 2.02. The van der Waals surface area contributed by atoms with Crippen LogP contribution in [0.1, 0.15) is 52.9 Å². The van der Waals surface area contributed by atoms with Crippen molar-refractivity contribution < 1.29 is 9.90 Å². The van der Waals surface area contributed by atoms with Gasteiger partial charge < -0.3 is 5.11 Å². The number of carbonyl (C=O) groups is 1. The van der Waals surface area contributed by atoms with Crippen LogP contribution in [0.15, 0.2) is 12.2 Å². The molecule has 0 radical (unpaired) electrons. The van der Waals surface area contributed by atoms with Crippen molar-refractivity contribution in [3.63, 3.8) is 0 Å². The summed E-state index contributed by atoms with van der Waals surface area (Å²) in [6.07, 6.45) is 10.0. The van der Waals surface area contributed by atoms with E-state index in [1.54, 1.807) is 6.08 Å². The number of hydrogen-bond donors (Lipinski definition) is 1. The van der Waals surface area contributed by atoms with Crippen LogP contribution in [0.3, 0.4) is 0 Å². The van der Waals surface area contributed by atoms with Crippen LogP contribution >= 0.6 is 0 Å². The normalized spacial score (nSPS) is 9.92. The van der Waals surface area contributed by atoms with Gasteiger partial charge in [0.15, 0.2) is 0 Å². The smallest absolute Gasteiger partial charge is 0.327 e. The fourth-order valence-corrected chi connectivity index (χ4v) is 1.05. The molecule has 1 N–H and O–H groups in total. The maximum atomic E-state index is 10.0. The summed E-state index contributed by atoms with van der Waals surface area (Å²) in [6.45, 7) is 2.18. The predicted molar refractivity (Wildman–Crippen MR) is 56.9 cm³/mol. The number of rotatable bonds is 7. The van der Waals surface area contributed by atoms with E-state index in [2.05, 4.69) is 6.92 Å². The first kappa shape index (κ1) is 14.7. The van der Waals surface area contributed by atoms with E-state index in [0.29, 0.717) is 0 Å². The SMILES string of the molecule is C.CCCCCCC/C=C/C(=O)O. The highest BCUT2D eigenvalue weighted by Gasteiger charge is 1.87. The first-order valence-corrected chi connectivity index (χ1v) is 4.67. The van der Waals surface area contributed by atoms with Crippen LogP contribution in [0.4, 0.5) is 0 Å². The lowest BCUT2D eigenvalue weighted by Crippen LogP contribution is -1.85. The molecule has 0 aromatic carbocycles. The van der Waals surface area contributed by atoms with Gasteiger partial charge >= 0.3 is 5.97 Å². The number of carboxylic acid groups (broad SMARTS) is 1. The predicted octanol–water partition coefficient (Wildman–Crippen LogP) is 3.62. The van der Waals surface area contributed by atoms with Crippen molar-refractivity contribution in [2.45, 2.75) is 52.9 Å². The van der Waals surface area contributed by atoms with E-state index in [-0.39, 0.29) is 7.43 Å². The maximum absolute atomic E-state index is 10.0. The van der Waals surface area contributed by atoms with E-state index >= 15 is 0 Å². The average molecular weight is 186 g/mol. The molecule has 13 heavy (non-hydrogen) atoms. The van der Waals surface area contributed by atoms with Crippen molar-refractivity contribution in [2.24, 2.45) is 0 Å². The number of hydrogen-bond acceptors (Lipinski definition) is 1. The van der Waals surface area contributed by atoms with Crippen molar-refractivity contribution in [3.8, 4) is 0 Å². The van der Waals surface area contributed by atoms with Crippen LogP contribution in [-0.2, 0) is 4.79 Å². The Labute approximate surface area is 81.7 Å². The molecule has 0 aliphatic heterocycles. The molecule has 0 spiro atoms. The monoisotopic (exact) mass is 186 g/mol. The van der Waals surface area contributed by atoms with Crippen molar-refractivity contribution in [3.05, 3.63) is 12.2 Å². The molecule has 0 bridgehead atoms. The summed E-state index contributed by atoms with van der Waals surface area (Å²) in [5, 5.41) is 8.27. The Bertz CT molecular complexity index is 139. The number of aliphatic carboxylic acids is 1. The lowest BCUT2D eigenvalue weighted by molar-refractivity contribution is -0.131. The number of allylic oxidation sites excluding steroid dienone is 1. The van der Waals surface area contributed by atoms with Gasteiger partial charge in [-0.05, 0) is 12.8 Å². The second-order valence-electron chi connectivity index (χ2n) is 2.94. The first-order chi connectivity index (χ1) is 5.77. The molecule has 0 aliphatic carbocycles. The molecular formula is C11H22O2. The molecule has 0 atom stereocenters. The van der Waals surface area contributed by atoms with Gasteiger partial charge in [0, 0.05) is 6.08 Å². The van der Waals surface area contributed by atoms with E-state index in [1.165, 1.54) is 31.8 Å². The topological polar surface area (TPSA) is 37.3 Å². The van der Waals surface area contributed by atoms with Crippen LogP contribution in [0.2, 0.25) is 0 Å². The zero-order chi connectivity index (χ0) is 9.23. The van der Waals surface area contributed by atoms with Crippen LogP contribution in [0.25, 0.3) is 0 Å². The molecule has 0 fully saturated rings. The summed E-state index contributed by atoms with van der Waals surface area (Å²) in [6, 6.07) is 0. The molecule has 2 nitrogen and oxygen atoms in total. The molecule has 0 saturated carbocycles. The molecule has 78 valence electrons. The molecule has 0 saturated heterocycles. The van der Waals surface area contributed by atoms with Crippen molar-refractivity contribution in [1.29, 1.82) is 0 Å². The summed E-state index contributed by atoms with van der Waals surface area (Å²) < 4.78 is 0. The Hall–Kier alpha value is -0.790. The number of unbranched alkanes of at least 4 members (excludes halogenated alkanes) is 5. The van der Waals surface area contributed by atoms with E-state index in [9.17, 15) is 4.79 Å². The summed E-state index contributed by atoms with van der Waals surface area (Å²) in [4.78, 5) is 10.0. The molecule has 0 rings (SSSR count). The summed E-state index contributed by atoms with van der Waals surface area (Å²) in [7, 11) is 0. The molecule has 0 heterocycles. The zero-order valence-electron chi connectivity index (χ0n) is 7.75. The highest BCUT2D eigenvalue weighted by molar-refractivity contribution is 5.79. The molecule has 0 aliphatic rings. The van der Waals surface area contributed by atoms with Gasteiger partial charge in [0.25, 0.3) is 0 Å². The number of carboxylic acids is 1. The maximum Gasteiger partial charge on any atom is 0.327 e. The molecule has 0 amide bonds. The van der Waals surface area contributed by atoms with E-state index in [0.717, 1.165) is 12.8 Å². The van der Waals surface area contributed by atoms with Gasteiger partial charge in [-0.1, -0.05) is 46.1 Å². The molecule has 0 aromatic rings. The lowest BCUT2D eigenvalue weighted by atomic mass is 10.1. The van der Waals surface area contributed by atoms with Gasteiger partial charge in [-0.25, -0.2) is 4.79 Å². The van der Waals surface area contributed by atoms with E-state index in [4.69, 9.17) is 5.11 Å². The van der Waals surface area contributed by atoms with E-state index in [1.807, 2.05) is 0 Å². The minimum Gasteiger partial charge on any atom is -0.478 e. The summed E-state index contributed by atoms with van der Waals surface area (Å²) >= 11 is 0. The fourth-order valence-electron chi connectivity index (χ4n) is 1.05.